The highest BCUT2D eigenvalue weighted by molar-refractivity contribution is 5.74. The zero-order valence-electron chi connectivity index (χ0n) is 13.4. The number of benzene rings is 1. The van der Waals surface area contributed by atoms with Crippen LogP contribution < -0.4 is 4.90 Å². The molecule has 4 nitrogen and oxygen atoms in total. The molecule has 0 aliphatic carbocycles. The number of carbonyl (C=O) groups is 1. The van der Waals surface area contributed by atoms with Gasteiger partial charge in [0.25, 0.3) is 0 Å². The van der Waals surface area contributed by atoms with Crippen molar-refractivity contribution in [1.82, 2.24) is 4.90 Å². The van der Waals surface area contributed by atoms with Crippen LogP contribution in [0.3, 0.4) is 0 Å². The van der Waals surface area contributed by atoms with Crippen molar-refractivity contribution >= 4 is 11.7 Å². The number of aryl methyl sites for hydroxylation is 3. The monoisotopic (exact) mass is 288 g/mol. The Labute approximate surface area is 126 Å². The molecule has 1 heterocycles. The summed E-state index contributed by atoms with van der Waals surface area (Å²) in [4.78, 5) is 15.5. The second kappa shape index (κ2) is 5.80. The van der Waals surface area contributed by atoms with E-state index in [1.807, 2.05) is 31.1 Å². The summed E-state index contributed by atoms with van der Waals surface area (Å²) in [5.74, 6) is -0.707. The van der Waals surface area contributed by atoms with Crippen molar-refractivity contribution < 1.29 is 9.90 Å². The Bertz CT molecular complexity index is 555. The lowest BCUT2D eigenvalue weighted by molar-refractivity contribution is -0.143. The minimum Gasteiger partial charge on any atom is -0.480 e. The molecule has 21 heavy (non-hydrogen) atoms. The Morgan fingerprint density at radius 1 is 1.14 bits per heavy atom. The molecular weight excluding hydrogens is 264 g/mol. The molecule has 0 aromatic heterocycles. The summed E-state index contributed by atoms with van der Waals surface area (Å²) in [5.41, 5.74) is 4.86. The highest BCUT2D eigenvalue weighted by atomic mass is 16.4. The maximum atomic E-state index is 11.5. The summed E-state index contributed by atoms with van der Waals surface area (Å²) in [5, 5.41) is 9.41. The Morgan fingerprint density at radius 2 is 1.71 bits per heavy atom. The summed E-state index contributed by atoms with van der Waals surface area (Å²) < 4.78 is 0. The fourth-order valence-electron chi connectivity index (χ4n) is 3.20. The third kappa shape index (κ3) is 3.04. The van der Waals surface area contributed by atoms with E-state index in [0.717, 1.165) is 0 Å². The molecular formula is C17H24N2O2. The van der Waals surface area contributed by atoms with Gasteiger partial charge in [-0.15, -0.1) is 0 Å². The van der Waals surface area contributed by atoms with E-state index in [9.17, 15) is 9.90 Å². The lowest BCUT2D eigenvalue weighted by Crippen LogP contribution is -2.43. The van der Waals surface area contributed by atoms with E-state index in [0.29, 0.717) is 6.67 Å². The van der Waals surface area contributed by atoms with E-state index in [2.05, 4.69) is 37.8 Å². The third-order valence-corrected chi connectivity index (χ3v) is 3.92. The van der Waals surface area contributed by atoms with Crippen molar-refractivity contribution in [3.63, 3.8) is 0 Å². The summed E-state index contributed by atoms with van der Waals surface area (Å²) in [6.07, 6.45) is 3.86. The first-order valence-corrected chi connectivity index (χ1v) is 7.32. The lowest BCUT2D eigenvalue weighted by atomic mass is 10.0. The highest BCUT2D eigenvalue weighted by Crippen LogP contribution is 2.30. The van der Waals surface area contributed by atoms with Crippen LogP contribution in [0.25, 0.3) is 0 Å². The number of aliphatic carboxylic acids is 1. The van der Waals surface area contributed by atoms with Crippen molar-refractivity contribution in [2.24, 2.45) is 5.92 Å². The minimum absolute atomic E-state index is 0.0623. The maximum absolute atomic E-state index is 11.5. The molecule has 1 aromatic rings. The van der Waals surface area contributed by atoms with Gasteiger partial charge < -0.3 is 14.9 Å². The van der Waals surface area contributed by atoms with Crippen LogP contribution in [-0.2, 0) is 4.79 Å². The number of nitrogens with zero attached hydrogens (tertiary/aromatic N) is 2. The van der Waals surface area contributed by atoms with Gasteiger partial charge in [0.15, 0.2) is 0 Å². The van der Waals surface area contributed by atoms with E-state index in [4.69, 9.17) is 0 Å². The molecule has 1 N–H and O–H groups in total. The number of anilines is 1. The molecule has 0 saturated carbocycles. The number of carboxylic acids is 1. The molecule has 1 aromatic carbocycles. The van der Waals surface area contributed by atoms with Gasteiger partial charge in [-0.05, 0) is 37.8 Å². The molecule has 1 atom stereocenters. The molecule has 0 spiro atoms. The van der Waals surface area contributed by atoms with Gasteiger partial charge in [0, 0.05) is 18.1 Å². The molecule has 0 amide bonds. The van der Waals surface area contributed by atoms with Crippen LogP contribution in [0.4, 0.5) is 5.69 Å². The van der Waals surface area contributed by atoms with Crippen LogP contribution in [0.15, 0.2) is 24.5 Å². The molecule has 1 aliphatic heterocycles. The predicted molar refractivity (Wildman–Crippen MR) is 85.2 cm³/mol. The van der Waals surface area contributed by atoms with E-state index < -0.39 is 12.0 Å². The Hall–Kier alpha value is -1.97. The molecule has 4 heteroatoms. The Morgan fingerprint density at radius 3 is 2.19 bits per heavy atom. The summed E-state index contributed by atoms with van der Waals surface area (Å²) in [6.45, 7) is 10.8. The van der Waals surface area contributed by atoms with Crippen LogP contribution in [0, 0.1) is 26.7 Å². The van der Waals surface area contributed by atoms with Crippen LogP contribution in [0.2, 0.25) is 0 Å². The molecule has 0 saturated heterocycles. The first-order valence-electron chi connectivity index (χ1n) is 7.32. The van der Waals surface area contributed by atoms with Crippen molar-refractivity contribution in [2.45, 2.75) is 40.7 Å². The summed E-state index contributed by atoms with van der Waals surface area (Å²) in [7, 11) is 0. The number of rotatable bonds is 4. The van der Waals surface area contributed by atoms with Gasteiger partial charge in [-0.2, -0.15) is 0 Å². The second-order valence-electron chi connectivity index (χ2n) is 6.20. The van der Waals surface area contributed by atoms with Gasteiger partial charge in [0.2, 0.25) is 0 Å². The normalized spacial score (nSPS) is 15.9. The lowest BCUT2D eigenvalue weighted by Gasteiger charge is -2.30. The van der Waals surface area contributed by atoms with Crippen molar-refractivity contribution in [1.29, 1.82) is 0 Å². The molecule has 114 valence electrons. The average molecular weight is 288 g/mol. The SMILES string of the molecule is Cc1cc(C)c(N2C=CN(C(C(=O)O)C(C)C)C2)c(C)c1. The Balaban J connectivity index is 2.25. The van der Waals surface area contributed by atoms with Gasteiger partial charge in [0.05, 0.1) is 6.67 Å². The molecule has 1 aliphatic rings. The molecule has 0 radical (unpaired) electrons. The predicted octanol–water partition coefficient (Wildman–Crippen LogP) is 3.27. The van der Waals surface area contributed by atoms with Gasteiger partial charge in [0.1, 0.15) is 6.04 Å². The highest BCUT2D eigenvalue weighted by Gasteiger charge is 2.30. The van der Waals surface area contributed by atoms with Crippen LogP contribution in [-0.4, -0.2) is 28.7 Å². The van der Waals surface area contributed by atoms with E-state index in [1.54, 1.807) is 0 Å². The number of carboxylic acid groups (broad SMARTS) is 1. The quantitative estimate of drug-likeness (QED) is 0.923. The standard InChI is InChI=1S/C17H24N2O2/c1-11(2)15(17(20)21)18-6-7-19(10-18)16-13(4)8-12(3)9-14(16)5/h6-9,11,15H,10H2,1-5H3,(H,20,21). The number of hydrogen-bond donors (Lipinski definition) is 1. The van der Waals surface area contributed by atoms with Gasteiger partial charge in [-0.3, -0.25) is 0 Å². The smallest absolute Gasteiger partial charge is 0.326 e. The average Bonchev–Trinajstić information content (AvgIpc) is 2.75. The van der Waals surface area contributed by atoms with Crippen molar-refractivity contribution in [3.05, 3.63) is 41.2 Å². The van der Waals surface area contributed by atoms with E-state index in [1.165, 1.54) is 22.4 Å². The van der Waals surface area contributed by atoms with Crippen LogP contribution in [0.1, 0.15) is 30.5 Å². The fourth-order valence-corrected chi connectivity index (χ4v) is 3.20. The second-order valence-corrected chi connectivity index (χ2v) is 6.20. The Kier molecular flexibility index (Phi) is 4.26. The van der Waals surface area contributed by atoms with Crippen molar-refractivity contribution in [3.8, 4) is 0 Å². The topological polar surface area (TPSA) is 43.8 Å². The van der Waals surface area contributed by atoms with Crippen LogP contribution in [0.5, 0.6) is 0 Å². The maximum Gasteiger partial charge on any atom is 0.326 e. The first-order chi connectivity index (χ1) is 9.81. The van der Waals surface area contributed by atoms with Crippen LogP contribution >= 0.6 is 0 Å². The van der Waals surface area contributed by atoms with E-state index in [-0.39, 0.29) is 5.92 Å². The third-order valence-electron chi connectivity index (χ3n) is 3.92. The van der Waals surface area contributed by atoms with E-state index >= 15 is 0 Å². The zero-order chi connectivity index (χ0) is 15.7. The summed E-state index contributed by atoms with van der Waals surface area (Å²) in [6, 6.07) is 3.84. The van der Waals surface area contributed by atoms with Gasteiger partial charge in [-0.1, -0.05) is 31.5 Å². The molecule has 1 unspecified atom stereocenters. The molecule has 0 bridgehead atoms. The minimum atomic E-state index is -0.770. The van der Waals surface area contributed by atoms with Gasteiger partial charge >= 0.3 is 5.97 Å². The fraction of sp³-hybridized carbons (Fsp3) is 0.471. The zero-order valence-corrected chi connectivity index (χ0v) is 13.4. The van der Waals surface area contributed by atoms with Crippen molar-refractivity contribution in [2.75, 3.05) is 11.6 Å². The largest absolute Gasteiger partial charge is 0.480 e. The summed E-state index contributed by atoms with van der Waals surface area (Å²) >= 11 is 0. The molecule has 0 fully saturated rings. The molecule has 2 rings (SSSR count). The number of hydrogen-bond acceptors (Lipinski definition) is 3. The first kappa shape index (κ1) is 15.4. The van der Waals surface area contributed by atoms with Gasteiger partial charge in [-0.25, -0.2) is 4.79 Å².